The first-order valence-corrected chi connectivity index (χ1v) is 11.0. The topological polar surface area (TPSA) is 98.7 Å². The maximum absolute atomic E-state index is 12.7. The largest absolute Gasteiger partial charge is 0.387 e. The van der Waals surface area contributed by atoms with Crippen molar-refractivity contribution in [3.63, 3.8) is 0 Å². The molecule has 0 spiro atoms. The van der Waals surface area contributed by atoms with Crippen molar-refractivity contribution in [2.24, 2.45) is 0 Å². The first-order chi connectivity index (χ1) is 14.9. The maximum atomic E-state index is 12.7. The van der Waals surface area contributed by atoms with Gasteiger partial charge in [-0.1, -0.05) is 60.7 Å². The fourth-order valence-electron chi connectivity index (χ4n) is 4.57. The van der Waals surface area contributed by atoms with Crippen molar-refractivity contribution in [3.05, 3.63) is 71.8 Å². The van der Waals surface area contributed by atoms with Gasteiger partial charge in [0.25, 0.3) is 0 Å². The molecule has 2 saturated carbocycles. The molecule has 0 heterocycles. The highest BCUT2D eigenvalue weighted by molar-refractivity contribution is 5.97. The summed E-state index contributed by atoms with van der Waals surface area (Å²) in [4.78, 5) is 25.5. The van der Waals surface area contributed by atoms with Crippen LogP contribution in [-0.2, 0) is 9.59 Å². The van der Waals surface area contributed by atoms with Gasteiger partial charge in [-0.25, -0.2) is 0 Å². The Hall–Kier alpha value is -2.70. The average Bonchev–Trinajstić information content (AvgIpc) is 2.74. The summed E-state index contributed by atoms with van der Waals surface area (Å²) in [6.45, 7) is 0. The van der Waals surface area contributed by atoms with Crippen LogP contribution in [0, 0.1) is 0 Å². The summed E-state index contributed by atoms with van der Waals surface area (Å²) in [6, 6.07) is 17.6. The van der Waals surface area contributed by atoms with Gasteiger partial charge < -0.3 is 20.8 Å². The van der Waals surface area contributed by atoms with Crippen LogP contribution in [0.4, 0.5) is 0 Å². The van der Waals surface area contributed by atoms with Gasteiger partial charge in [0.15, 0.2) is 0 Å². The molecule has 2 aromatic carbocycles. The Kier molecular flexibility index (Phi) is 6.12. The van der Waals surface area contributed by atoms with E-state index in [9.17, 15) is 19.8 Å². The van der Waals surface area contributed by atoms with E-state index in [0.29, 0.717) is 25.7 Å². The van der Waals surface area contributed by atoms with Crippen molar-refractivity contribution in [2.45, 2.75) is 68.2 Å². The summed E-state index contributed by atoms with van der Waals surface area (Å²) in [5.74, 6) is -0.891. The second-order valence-electron chi connectivity index (χ2n) is 8.91. The van der Waals surface area contributed by atoms with E-state index in [1.54, 1.807) is 0 Å². The summed E-state index contributed by atoms with van der Waals surface area (Å²) >= 11 is 0. The van der Waals surface area contributed by atoms with Crippen LogP contribution in [0.1, 0.15) is 68.2 Å². The monoisotopic (exact) mass is 422 g/mol. The van der Waals surface area contributed by atoms with Gasteiger partial charge in [-0.3, -0.25) is 9.59 Å². The molecule has 2 atom stereocenters. The van der Waals surface area contributed by atoms with Crippen LogP contribution in [0.5, 0.6) is 0 Å². The van der Waals surface area contributed by atoms with Crippen LogP contribution in [0.15, 0.2) is 60.7 Å². The van der Waals surface area contributed by atoms with E-state index in [1.165, 1.54) is 0 Å². The minimum Gasteiger partial charge on any atom is -0.387 e. The van der Waals surface area contributed by atoms with Gasteiger partial charge in [0.05, 0.1) is 23.3 Å². The Bertz CT molecular complexity index is 832. The Morgan fingerprint density at radius 3 is 1.35 bits per heavy atom. The number of benzene rings is 2. The molecule has 2 aromatic rings. The van der Waals surface area contributed by atoms with Crippen molar-refractivity contribution in [1.82, 2.24) is 10.6 Å². The van der Waals surface area contributed by atoms with Crippen molar-refractivity contribution in [2.75, 3.05) is 0 Å². The van der Waals surface area contributed by atoms with E-state index in [-0.39, 0.29) is 6.42 Å². The molecule has 6 nitrogen and oxygen atoms in total. The van der Waals surface area contributed by atoms with Crippen LogP contribution in [0.2, 0.25) is 0 Å². The third-order valence-electron chi connectivity index (χ3n) is 6.71. The second-order valence-corrected chi connectivity index (χ2v) is 8.91. The Morgan fingerprint density at radius 1 is 0.710 bits per heavy atom. The first-order valence-electron chi connectivity index (χ1n) is 11.0. The molecule has 0 radical (unpaired) electrons. The minimum absolute atomic E-state index is 0.362. The molecule has 2 unspecified atom stereocenters. The van der Waals surface area contributed by atoms with Crippen LogP contribution < -0.4 is 10.6 Å². The van der Waals surface area contributed by atoms with E-state index >= 15 is 0 Å². The van der Waals surface area contributed by atoms with Gasteiger partial charge >= 0.3 is 0 Å². The molecular weight excluding hydrogens is 392 g/mol. The molecule has 0 saturated heterocycles. The summed E-state index contributed by atoms with van der Waals surface area (Å²) in [7, 11) is 0. The molecule has 6 heteroatoms. The number of carbonyl (C=O) groups excluding carboxylic acids is 2. The van der Waals surface area contributed by atoms with Gasteiger partial charge in [-0.2, -0.15) is 0 Å². The molecule has 0 aromatic heterocycles. The second kappa shape index (κ2) is 8.81. The number of hydrogen-bond donors (Lipinski definition) is 4. The standard InChI is InChI=1S/C25H30N2O4/c28-20(26-22(24(30)13-7-14-24)18-9-3-1-4-10-18)17-21(29)27-23(25(31)15-8-16-25)19-11-5-2-6-12-19/h1-6,9-12,22-23,30-31H,7-8,13-17H2,(H,26,28)(H,27,29). The van der Waals surface area contributed by atoms with Crippen LogP contribution in [-0.4, -0.2) is 33.2 Å². The van der Waals surface area contributed by atoms with Gasteiger partial charge in [0.2, 0.25) is 11.8 Å². The maximum Gasteiger partial charge on any atom is 0.230 e. The van der Waals surface area contributed by atoms with Crippen LogP contribution >= 0.6 is 0 Å². The van der Waals surface area contributed by atoms with Crippen molar-refractivity contribution >= 4 is 11.8 Å². The highest BCUT2D eigenvalue weighted by Crippen LogP contribution is 2.43. The Balaban J connectivity index is 1.43. The molecule has 0 bridgehead atoms. The number of hydrogen-bond acceptors (Lipinski definition) is 4. The lowest BCUT2D eigenvalue weighted by molar-refractivity contribution is -0.136. The molecule has 2 amide bonds. The highest BCUT2D eigenvalue weighted by atomic mass is 16.3. The SMILES string of the molecule is O=C(CC(=O)NC(c1ccccc1)C1(O)CCC1)NC(c1ccccc1)C1(O)CCC1. The quantitative estimate of drug-likeness (QED) is 0.492. The highest BCUT2D eigenvalue weighted by Gasteiger charge is 2.45. The van der Waals surface area contributed by atoms with E-state index < -0.39 is 35.1 Å². The number of carbonyl (C=O) groups is 2. The smallest absolute Gasteiger partial charge is 0.230 e. The van der Waals surface area contributed by atoms with Crippen LogP contribution in [0.3, 0.4) is 0 Å². The third-order valence-corrected chi connectivity index (χ3v) is 6.71. The molecule has 2 aliphatic rings. The fourth-order valence-corrected chi connectivity index (χ4v) is 4.57. The third kappa shape index (κ3) is 4.65. The predicted molar refractivity (Wildman–Crippen MR) is 117 cm³/mol. The van der Waals surface area contributed by atoms with Crippen molar-refractivity contribution < 1.29 is 19.8 Å². The molecule has 2 aliphatic carbocycles. The van der Waals surface area contributed by atoms with Gasteiger partial charge in [-0.15, -0.1) is 0 Å². The lowest BCUT2D eigenvalue weighted by Crippen LogP contribution is -2.52. The van der Waals surface area contributed by atoms with E-state index in [0.717, 1.165) is 24.0 Å². The van der Waals surface area contributed by atoms with Gasteiger partial charge in [-0.05, 0) is 49.7 Å². The average molecular weight is 423 g/mol. The van der Waals surface area contributed by atoms with E-state index in [2.05, 4.69) is 10.6 Å². The van der Waals surface area contributed by atoms with E-state index in [4.69, 9.17) is 0 Å². The number of aliphatic hydroxyl groups is 2. The van der Waals surface area contributed by atoms with Gasteiger partial charge in [0, 0.05) is 0 Å². The number of rotatable bonds is 8. The summed E-state index contributed by atoms with van der Waals surface area (Å²) < 4.78 is 0. The lowest BCUT2D eigenvalue weighted by atomic mass is 9.72. The zero-order chi connectivity index (χ0) is 21.9. The number of nitrogens with one attached hydrogen (secondary N) is 2. The Labute approximate surface area is 182 Å². The van der Waals surface area contributed by atoms with Gasteiger partial charge in [0.1, 0.15) is 6.42 Å². The molecule has 4 rings (SSSR count). The number of amides is 2. The molecule has 164 valence electrons. The Morgan fingerprint density at radius 2 is 1.06 bits per heavy atom. The zero-order valence-corrected chi connectivity index (χ0v) is 17.6. The van der Waals surface area contributed by atoms with Crippen LogP contribution in [0.25, 0.3) is 0 Å². The molecule has 2 fully saturated rings. The van der Waals surface area contributed by atoms with E-state index in [1.807, 2.05) is 60.7 Å². The minimum atomic E-state index is -0.985. The van der Waals surface area contributed by atoms with Crippen molar-refractivity contribution in [3.8, 4) is 0 Å². The van der Waals surface area contributed by atoms with Crippen molar-refractivity contribution in [1.29, 1.82) is 0 Å². The summed E-state index contributed by atoms with van der Waals surface area (Å²) in [5, 5.41) is 27.5. The fraction of sp³-hybridized carbons (Fsp3) is 0.440. The summed E-state index contributed by atoms with van der Waals surface area (Å²) in [6.07, 6.45) is 3.91. The summed E-state index contributed by atoms with van der Waals surface area (Å²) in [5.41, 5.74) is -0.323. The normalized spacial score (nSPS) is 20.5. The molecule has 31 heavy (non-hydrogen) atoms. The predicted octanol–water partition coefficient (Wildman–Crippen LogP) is 2.92. The molecule has 0 aliphatic heterocycles. The zero-order valence-electron chi connectivity index (χ0n) is 17.6. The molecular formula is C25H30N2O4. The molecule has 4 N–H and O–H groups in total. The lowest BCUT2D eigenvalue weighted by Gasteiger charge is -2.44. The first kappa shape index (κ1) is 21.5.